The van der Waals surface area contributed by atoms with E-state index in [9.17, 15) is 4.79 Å². The third-order valence-electron chi connectivity index (χ3n) is 2.86. The molecule has 92 valence electrons. The molecule has 2 heterocycles. The molecule has 0 bridgehead atoms. The van der Waals surface area contributed by atoms with Crippen molar-refractivity contribution in [1.29, 1.82) is 0 Å². The fourth-order valence-corrected chi connectivity index (χ4v) is 1.99. The molecule has 5 heteroatoms. The standard InChI is InChI=1S/C12H18N4O/c1-10-3-2-5-16(7-10)12(17)11-8-15(6-4-13)9-14-11/h3,8-9H,2,4-7,13H2,1H3. The lowest BCUT2D eigenvalue weighted by Gasteiger charge is -2.25. The fraction of sp³-hybridized carbons (Fsp3) is 0.500. The van der Waals surface area contributed by atoms with E-state index in [1.54, 1.807) is 12.5 Å². The molecule has 1 aromatic rings. The number of amides is 1. The van der Waals surface area contributed by atoms with Crippen LogP contribution < -0.4 is 5.73 Å². The molecule has 0 aromatic carbocycles. The van der Waals surface area contributed by atoms with Crippen LogP contribution in [0.15, 0.2) is 24.2 Å². The van der Waals surface area contributed by atoms with Gasteiger partial charge in [0.25, 0.3) is 5.91 Å². The Bertz CT molecular complexity index is 435. The van der Waals surface area contributed by atoms with Gasteiger partial charge in [-0.3, -0.25) is 4.79 Å². The summed E-state index contributed by atoms with van der Waals surface area (Å²) in [7, 11) is 0. The third-order valence-corrected chi connectivity index (χ3v) is 2.86. The van der Waals surface area contributed by atoms with Gasteiger partial charge in [-0.25, -0.2) is 4.98 Å². The summed E-state index contributed by atoms with van der Waals surface area (Å²) in [6.45, 7) is 4.78. The molecule has 0 saturated carbocycles. The van der Waals surface area contributed by atoms with Gasteiger partial charge in [0.1, 0.15) is 5.69 Å². The molecule has 0 unspecified atom stereocenters. The van der Waals surface area contributed by atoms with Crippen LogP contribution in [0.3, 0.4) is 0 Å². The first-order valence-corrected chi connectivity index (χ1v) is 5.87. The van der Waals surface area contributed by atoms with Crippen LogP contribution in [0.2, 0.25) is 0 Å². The summed E-state index contributed by atoms with van der Waals surface area (Å²) in [5.74, 6) is 0.00761. The zero-order chi connectivity index (χ0) is 12.3. The maximum absolute atomic E-state index is 12.2. The highest BCUT2D eigenvalue weighted by molar-refractivity contribution is 5.92. The normalized spacial score (nSPS) is 15.9. The van der Waals surface area contributed by atoms with Crippen molar-refractivity contribution in [2.45, 2.75) is 19.9 Å². The van der Waals surface area contributed by atoms with Gasteiger partial charge < -0.3 is 15.2 Å². The second kappa shape index (κ2) is 5.14. The lowest BCUT2D eigenvalue weighted by molar-refractivity contribution is 0.0760. The Morgan fingerprint density at radius 2 is 2.41 bits per heavy atom. The largest absolute Gasteiger partial charge is 0.335 e. The number of hydrogen-bond acceptors (Lipinski definition) is 3. The first-order valence-electron chi connectivity index (χ1n) is 5.87. The first-order chi connectivity index (χ1) is 8.20. The van der Waals surface area contributed by atoms with E-state index < -0.39 is 0 Å². The number of imidazole rings is 1. The Hall–Kier alpha value is -1.62. The Labute approximate surface area is 101 Å². The maximum Gasteiger partial charge on any atom is 0.274 e. The van der Waals surface area contributed by atoms with Crippen molar-refractivity contribution >= 4 is 5.91 Å². The van der Waals surface area contributed by atoms with E-state index in [2.05, 4.69) is 11.1 Å². The number of rotatable bonds is 3. The van der Waals surface area contributed by atoms with Crippen LogP contribution in [0.25, 0.3) is 0 Å². The van der Waals surface area contributed by atoms with Gasteiger partial charge in [0.15, 0.2) is 0 Å². The SMILES string of the molecule is CC1=CCCN(C(=O)c2cn(CCN)cn2)C1. The van der Waals surface area contributed by atoms with Crippen molar-refractivity contribution in [3.05, 3.63) is 29.9 Å². The second-order valence-electron chi connectivity index (χ2n) is 4.35. The van der Waals surface area contributed by atoms with Crippen molar-refractivity contribution in [2.24, 2.45) is 5.73 Å². The fourth-order valence-electron chi connectivity index (χ4n) is 1.99. The van der Waals surface area contributed by atoms with Crippen molar-refractivity contribution in [2.75, 3.05) is 19.6 Å². The van der Waals surface area contributed by atoms with Crippen LogP contribution in [-0.4, -0.2) is 40.0 Å². The van der Waals surface area contributed by atoms with E-state index in [1.807, 2.05) is 16.4 Å². The molecule has 1 aromatic heterocycles. The molecule has 1 aliphatic rings. The number of nitrogens with zero attached hydrogens (tertiary/aromatic N) is 3. The molecule has 0 saturated heterocycles. The quantitative estimate of drug-likeness (QED) is 0.780. The van der Waals surface area contributed by atoms with E-state index in [0.717, 1.165) is 13.0 Å². The number of aromatic nitrogens is 2. The monoisotopic (exact) mass is 234 g/mol. The van der Waals surface area contributed by atoms with Gasteiger partial charge in [-0.15, -0.1) is 0 Å². The first kappa shape index (κ1) is 11.9. The number of hydrogen-bond donors (Lipinski definition) is 1. The van der Waals surface area contributed by atoms with Crippen LogP contribution in [-0.2, 0) is 6.54 Å². The molecule has 0 atom stereocenters. The highest BCUT2D eigenvalue weighted by atomic mass is 16.2. The van der Waals surface area contributed by atoms with Gasteiger partial charge in [0.05, 0.1) is 6.33 Å². The van der Waals surface area contributed by atoms with Gasteiger partial charge in [0, 0.05) is 32.4 Å². The van der Waals surface area contributed by atoms with Gasteiger partial charge in [-0.2, -0.15) is 0 Å². The average molecular weight is 234 g/mol. The van der Waals surface area contributed by atoms with E-state index in [1.165, 1.54) is 5.57 Å². The Balaban J connectivity index is 2.06. The summed E-state index contributed by atoms with van der Waals surface area (Å²) in [6, 6.07) is 0. The molecular formula is C12H18N4O. The minimum absolute atomic E-state index is 0.00761. The average Bonchev–Trinajstić information content (AvgIpc) is 2.77. The van der Waals surface area contributed by atoms with Crippen molar-refractivity contribution < 1.29 is 4.79 Å². The smallest absolute Gasteiger partial charge is 0.274 e. The molecule has 1 amide bonds. The molecular weight excluding hydrogens is 216 g/mol. The van der Waals surface area contributed by atoms with E-state index in [4.69, 9.17) is 5.73 Å². The molecule has 1 aliphatic heterocycles. The number of carbonyl (C=O) groups excluding carboxylic acids is 1. The van der Waals surface area contributed by atoms with Crippen LogP contribution in [0.1, 0.15) is 23.8 Å². The number of carbonyl (C=O) groups is 1. The maximum atomic E-state index is 12.2. The van der Waals surface area contributed by atoms with Gasteiger partial charge in [-0.1, -0.05) is 11.6 Å². The predicted molar refractivity (Wildman–Crippen MR) is 65.6 cm³/mol. The Kier molecular flexibility index (Phi) is 3.58. The Morgan fingerprint density at radius 1 is 1.59 bits per heavy atom. The molecule has 2 rings (SSSR count). The highest BCUT2D eigenvalue weighted by Crippen LogP contribution is 2.12. The third kappa shape index (κ3) is 2.74. The summed E-state index contributed by atoms with van der Waals surface area (Å²) < 4.78 is 1.85. The van der Waals surface area contributed by atoms with Crippen LogP contribution >= 0.6 is 0 Å². The number of nitrogens with two attached hydrogens (primary N) is 1. The predicted octanol–water partition coefficient (Wildman–Crippen LogP) is 0.634. The van der Waals surface area contributed by atoms with Crippen molar-refractivity contribution in [3.8, 4) is 0 Å². The van der Waals surface area contributed by atoms with Crippen LogP contribution in [0.5, 0.6) is 0 Å². The van der Waals surface area contributed by atoms with Crippen molar-refractivity contribution in [1.82, 2.24) is 14.5 Å². The van der Waals surface area contributed by atoms with E-state index >= 15 is 0 Å². The van der Waals surface area contributed by atoms with E-state index in [-0.39, 0.29) is 5.91 Å². The molecule has 0 spiro atoms. The lowest BCUT2D eigenvalue weighted by atomic mass is 10.1. The summed E-state index contributed by atoms with van der Waals surface area (Å²) >= 11 is 0. The van der Waals surface area contributed by atoms with Gasteiger partial charge in [0.2, 0.25) is 0 Å². The van der Waals surface area contributed by atoms with Gasteiger partial charge in [-0.05, 0) is 13.3 Å². The van der Waals surface area contributed by atoms with Crippen LogP contribution in [0, 0.1) is 0 Å². The zero-order valence-corrected chi connectivity index (χ0v) is 10.1. The minimum atomic E-state index is 0.00761. The molecule has 17 heavy (non-hydrogen) atoms. The van der Waals surface area contributed by atoms with Crippen molar-refractivity contribution in [3.63, 3.8) is 0 Å². The highest BCUT2D eigenvalue weighted by Gasteiger charge is 2.19. The van der Waals surface area contributed by atoms with Gasteiger partial charge >= 0.3 is 0 Å². The lowest BCUT2D eigenvalue weighted by Crippen LogP contribution is -2.35. The molecule has 0 aliphatic carbocycles. The summed E-state index contributed by atoms with van der Waals surface area (Å²) in [5.41, 5.74) is 7.20. The molecule has 2 N–H and O–H groups in total. The summed E-state index contributed by atoms with van der Waals surface area (Å²) in [6.07, 6.45) is 6.54. The zero-order valence-electron chi connectivity index (χ0n) is 10.1. The molecule has 0 fully saturated rings. The van der Waals surface area contributed by atoms with E-state index in [0.29, 0.717) is 25.3 Å². The Morgan fingerprint density at radius 3 is 3.12 bits per heavy atom. The minimum Gasteiger partial charge on any atom is -0.335 e. The topological polar surface area (TPSA) is 64.2 Å². The summed E-state index contributed by atoms with van der Waals surface area (Å²) in [4.78, 5) is 18.1. The molecule has 0 radical (unpaired) electrons. The summed E-state index contributed by atoms with van der Waals surface area (Å²) in [5, 5.41) is 0. The second-order valence-corrected chi connectivity index (χ2v) is 4.35. The van der Waals surface area contributed by atoms with Crippen LogP contribution in [0.4, 0.5) is 0 Å². The molecule has 5 nitrogen and oxygen atoms in total.